The number of thiazole rings is 1. The second-order valence-electron chi connectivity index (χ2n) is 15.7. The maximum absolute atomic E-state index is 14.1. The van der Waals surface area contributed by atoms with Crippen LogP contribution in [0.2, 0.25) is 0 Å². The number of carbonyl (C=O) groups excluding carboxylic acids is 2. The number of hydrogen-bond acceptors (Lipinski definition) is 14. The standard InChI is InChI=1S/C46H52N8O7S/c1-27(2)42(46(58)54-25-34(55)21-37(54)45(57)50-28(3)32-13-15-33(16-14-32)43-29(4)49-26-62-43)39-23-41(53-61-39)60-20-18-48-24-31-11-9-30(10-12-31)17-19-59-40-22-36(51-52-44(40)47)35-7-5-6-8-38(35)56/h5-16,22-23,26-28,34,37,42,48,55-56H,17-21,24-25H2,1-4H3,(H2,47,52)(H,50,57)/t28-,34+,37-,42+/m0/s1. The van der Waals surface area contributed by atoms with E-state index >= 15 is 0 Å². The Bertz CT molecular complexity index is 2440. The van der Waals surface area contributed by atoms with Crippen molar-refractivity contribution in [1.29, 1.82) is 0 Å². The zero-order valence-electron chi connectivity index (χ0n) is 35.2. The van der Waals surface area contributed by atoms with Crippen molar-refractivity contribution in [2.75, 3.05) is 32.0 Å². The number of anilines is 1. The van der Waals surface area contributed by atoms with Crippen molar-refractivity contribution in [3.8, 4) is 39.1 Å². The van der Waals surface area contributed by atoms with E-state index in [0.717, 1.165) is 32.8 Å². The maximum atomic E-state index is 14.1. The largest absolute Gasteiger partial charge is 0.507 e. The Morgan fingerprint density at radius 3 is 2.47 bits per heavy atom. The number of nitrogen functional groups attached to an aromatic ring is 1. The minimum Gasteiger partial charge on any atom is -0.507 e. The molecule has 62 heavy (non-hydrogen) atoms. The van der Waals surface area contributed by atoms with Gasteiger partial charge in [-0.3, -0.25) is 9.59 Å². The molecule has 7 rings (SSSR count). The number of phenols is 1. The fraction of sp³-hybridized carbons (Fsp3) is 0.348. The van der Waals surface area contributed by atoms with Crippen LogP contribution >= 0.6 is 11.3 Å². The number of nitrogens with zero attached hydrogens (tertiary/aromatic N) is 5. The van der Waals surface area contributed by atoms with Gasteiger partial charge in [-0.1, -0.05) is 74.5 Å². The van der Waals surface area contributed by atoms with Gasteiger partial charge in [0.25, 0.3) is 5.88 Å². The number of carbonyl (C=O) groups is 2. The first kappa shape index (κ1) is 43.7. The summed E-state index contributed by atoms with van der Waals surface area (Å²) >= 11 is 1.58. The molecule has 6 aromatic rings. The van der Waals surface area contributed by atoms with Gasteiger partial charge in [-0.15, -0.1) is 21.5 Å². The summed E-state index contributed by atoms with van der Waals surface area (Å²) in [5.74, 6) is -0.291. The summed E-state index contributed by atoms with van der Waals surface area (Å²) in [6, 6.07) is 25.2. The summed E-state index contributed by atoms with van der Waals surface area (Å²) < 4.78 is 17.4. The van der Waals surface area contributed by atoms with E-state index in [2.05, 4.69) is 31.0 Å². The van der Waals surface area contributed by atoms with E-state index in [1.54, 1.807) is 47.7 Å². The smallest absolute Gasteiger partial charge is 0.254 e. The van der Waals surface area contributed by atoms with Crippen molar-refractivity contribution < 1.29 is 33.8 Å². The van der Waals surface area contributed by atoms with Gasteiger partial charge in [0.2, 0.25) is 11.8 Å². The van der Waals surface area contributed by atoms with Crippen LogP contribution in [0.3, 0.4) is 0 Å². The first-order valence-electron chi connectivity index (χ1n) is 20.7. The molecule has 6 N–H and O–H groups in total. The lowest BCUT2D eigenvalue weighted by Gasteiger charge is -2.29. The molecule has 324 valence electrons. The number of phenolic OH excluding ortho intramolecular Hbond substituents is 1. The van der Waals surface area contributed by atoms with E-state index in [1.807, 2.05) is 81.7 Å². The number of ether oxygens (including phenoxy) is 2. The third kappa shape index (κ3) is 10.6. The van der Waals surface area contributed by atoms with Crippen LogP contribution in [0.4, 0.5) is 5.82 Å². The van der Waals surface area contributed by atoms with Crippen LogP contribution in [0.15, 0.2) is 95.0 Å². The van der Waals surface area contributed by atoms with Crippen LogP contribution < -0.4 is 25.8 Å². The van der Waals surface area contributed by atoms with Gasteiger partial charge in [-0.2, -0.15) is 0 Å². The lowest BCUT2D eigenvalue weighted by molar-refractivity contribution is -0.141. The quantitative estimate of drug-likeness (QED) is 0.0609. The van der Waals surface area contributed by atoms with Gasteiger partial charge in [0, 0.05) is 50.2 Å². The normalized spacial score (nSPS) is 16.0. The van der Waals surface area contributed by atoms with E-state index in [1.165, 1.54) is 4.90 Å². The zero-order chi connectivity index (χ0) is 43.8. The average Bonchev–Trinajstić information content (AvgIpc) is 4.02. The summed E-state index contributed by atoms with van der Waals surface area (Å²) in [4.78, 5) is 34.6. The first-order valence-corrected chi connectivity index (χ1v) is 21.5. The molecule has 1 aliphatic heterocycles. The first-order chi connectivity index (χ1) is 29.9. The number of nitrogens with two attached hydrogens (primary N) is 1. The molecule has 0 spiro atoms. The second kappa shape index (κ2) is 20.0. The van der Waals surface area contributed by atoms with E-state index in [4.69, 9.17) is 19.7 Å². The summed E-state index contributed by atoms with van der Waals surface area (Å²) in [6.45, 7) is 9.58. The van der Waals surface area contributed by atoms with E-state index in [-0.39, 0.29) is 54.2 Å². The van der Waals surface area contributed by atoms with Crippen molar-refractivity contribution in [2.24, 2.45) is 5.92 Å². The van der Waals surface area contributed by atoms with Crippen LogP contribution in [0.1, 0.15) is 67.3 Å². The number of hydrogen-bond donors (Lipinski definition) is 5. The number of aryl methyl sites for hydroxylation is 1. The highest BCUT2D eigenvalue weighted by molar-refractivity contribution is 7.13. The molecule has 0 saturated carbocycles. The summed E-state index contributed by atoms with van der Waals surface area (Å²) in [5.41, 5.74) is 14.0. The number of aliphatic hydroxyl groups is 1. The van der Waals surface area contributed by atoms with Gasteiger partial charge in [0.05, 0.1) is 34.8 Å². The minimum atomic E-state index is -0.836. The topological polar surface area (TPSA) is 211 Å². The molecular formula is C46H52N8O7S. The lowest BCUT2D eigenvalue weighted by atomic mass is 9.91. The number of aromatic nitrogens is 4. The van der Waals surface area contributed by atoms with Gasteiger partial charge in [0.15, 0.2) is 17.3 Å². The number of para-hydroxylation sites is 1. The third-order valence-electron chi connectivity index (χ3n) is 10.9. The molecule has 15 nitrogen and oxygen atoms in total. The predicted octanol–water partition coefficient (Wildman–Crippen LogP) is 6.22. The van der Waals surface area contributed by atoms with Crippen LogP contribution in [-0.4, -0.2) is 85.7 Å². The molecule has 1 saturated heterocycles. The minimum absolute atomic E-state index is 0.0428. The molecular weight excluding hydrogens is 809 g/mol. The highest BCUT2D eigenvalue weighted by atomic mass is 32.1. The van der Waals surface area contributed by atoms with Gasteiger partial charge < -0.3 is 45.5 Å². The molecule has 2 amide bonds. The number of likely N-dealkylation sites (tertiary alicyclic amines) is 1. The van der Waals surface area contributed by atoms with Gasteiger partial charge in [-0.05, 0) is 59.3 Å². The number of β-amino-alcohol motifs (C(OH)–C–C–N with tert-alkyl or cyclic N) is 1. The fourth-order valence-electron chi connectivity index (χ4n) is 7.49. The van der Waals surface area contributed by atoms with Crippen molar-refractivity contribution in [3.63, 3.8) is 0 Å². The second-order valence-corrected chi connectivity index (χ2v) is 16.6. The number of aromatic hydroxyl groups is 1. The molecule has 0 unspecified atom stereocenters. The third-order valence-corrected chi connectivity index (χ3v) is 11.9. The van der Waals surface area contributed by atoms with Gasteiger partial charge >= 0.3 is 0 Å². The Hall–Kier alpha value is -6.36. The molecule has 0 radical (unpaired) electrons. The molecule has 0 bridgehead atoms. The maximum Gasteiger partial charge on any atom is 0.254 e. The summed E-state index contributed by atoms with van der Waals surface area (Å²) in [6.07, 6.45) is -0.0402. The molecule has 16 heteroatoms. The van der Waals surface area contributed by atoms with Crippen molar-refractivity contribution in [2.45, 2.75) is 71.2 Å². The summed E-state index contributed by atoms with van der Waals surface area (Å²) in [5, 5.41) is 39.4. The zero-order valence-corrected chi connectivity index (χ0v) is 36.0. The Morgan fingerprint density at radius 2 is 1.74 bits per heavy atom. The molecule has 4 atom stereocenters. The van der Waals surface area contributed by atoms with Crippen molar-refractivity contribution >= 4 is 29.0 Å². The van der Waals surface area contributed by atoms with Crippen LogP contribution in [0.5, 0.6) is 17.4 Å². The van der Waals surface area contributed by atoms with E-state index < -0.39 is 18.1 Å². The monoisotopic (exact) mass is 860 g/mol. The van der Waals surface area contributed by atoms with Crippen molar-refractivity contribution in [3.05, 3.63) is 119 Å². The lowest BCUT2D eigenvalue weighted by Crippen LogP contribution is -2.48. The summed E-state index contributed by atoms with van der Waals surface area (Å²) in [7, 11) is 0. The van der Waals surface area contributed by atoms with Crippen LogP contribution in [0, 0.1) is 12.8 Å². The SMILES string of the molecule is Cc1ncsc1-c1ccc([C@H](C)NC(=O)[C@@H]2C[C@@H](O)CN2C(=O)[C@@H](c2cc(OCCNCc3ccc(CCOc4cc(-c5ccccc5O)nnc4N)cc3)no2)C(C)C)cc1. The van der Waals surface area contributed by atoms with Crippen LogP contribution in [0.25, 0.3) is 21.7 Å². The number of nitrogens with one attached hydrogen (secondary N) is 2. The molecule has 3 aromatic heterocycles. The van der Waals surface area contributed by atoms with Crippen LogP contribution in [-0.2, 0) is 22.6 Å². The number of aliphatic hydroxyl groups excluding tert-OH is 1. The van der Waals surface area contributed by atoms with E-state index in [0.29, 0.717) is 55.5 Å². The highest BCUT2D eigenvalue weighted by Crippen LogP contribution is 2.34. The average molecular weight is 861 g/mol. The molecule has 1 aliphatic rings. The number of benzene rings is 3. The Balaban J connectivity index is 0.854. The number of amides is 2. The highest BCUT2D eigenvalue weighted by Gasteiger charge is 2.43. The van der Waals surface area contributed by atoms with Gasteiger partial charge in [-0.25, -0.2) is 4.98 Å². The number of rotatable bonds is 18. The fourth-order valence-corrected chi connectivity index (χ4v) is 8.30. The molecule has 4 heterocycles. The predicted molar refractivity (Wildman–Crippen MR) is 235 cm³/mol. The Kier molecular flexibility index (Phi) is 14.1. The van der Waals surface area contributed by atoms with Crippen molar-refractivity contribution in [1.82, 2.24) is 35.9 Å². The van der Waals surface area contributed by atoms with Gasteiger partial charge in [0.1, 0.15) is 30.0 Å². The molecule has 0 aliphatic carbocycles. The van der Waals surface area contributed by atoms with E-state index in [9.17, 15) is 19.8 Å². The Labute approximate surface area is 364 Å². The Morgan fingerprint density at radius 1 is 0.984 bits per heavy atom. The molecule has 1 fully saturated rings. The molecule has 3 aromatic carbocycles.